The number of anilines is 1. The lowest BCUT2D eigenvalue weighted by molar-refractivity contribution is 0.414. The molecule has 0 radical (unpaired) electrons. The van der Waals surface area contributed by atoms with Gasteiger partial charge in [0.15, 0.2) is 0 Å². The first-order valence-electron chi connectivity index (χ1n) is 4.87. The number of halogens is 1. The molecule has 82 valence electrons. The Labute approximate surface area is 95.9 Å². The quantitative estimate of drug-likeness (QED) is 0.614. The molecule has 15 heavy (non-hydrogen) atoms. The van der Waals surface area contributed by atoms with Crippen LogP contribution in [0.5, 0.6) is 5.75 Å². The lowest BCUT2D eigenvalue weighted by atomic mass is 10.2. The van der Waals surface area contributed by atoms with Crippen LogP contribution in [0.4, 0.5) is 5.69 Å². The molecule has 0 aromatic heterocycles. The third-order valence-corrected chi connectivity index (χ3v) is 2.28. The highest BCUT2D eigenvalue weighted by molar-refractivity contribution is 6.18. The summed E-state index contributed by atoms with van der Waals surface area (Å²) in [4.78, 5) is 0. The zero-order valence-corrected chi connectivity index (χ0v) is 9.84. The van der Waals surface area contributed by atoms with Crippen LogP contribution in [-0.2, 0) is 0 Å². The van der Waals surface area contributed by atoms with Gasteiger partial charge in [0, 0.05) is 18.1 Å². The van der Waals surface area contributed by atoms with Crippen molar-refractivity contribution in [1.82, 2.24) is 0 Å². The van der Waals surface area contributed by atoms with E-state index in [0.29, 0.717) is 5.88 Å². The smallest absolute Gasteiger partial charge is 0.119 e. The minimum absolute atomic E-state index is 0.559. The van der Waals surface area contributed by atoms with E-state index in [-0.39, 0.29) is 0 Å². The Kier molecular flexibility index (Phi) is 5.05. The SMILES string of the molecule is COc1ccc(NC/C=C/CCl)c(C)c1. The highest BCUT2D eigenvalue weighted by atomic mass is 35.5. The molecule has 0 spiro atoms. The van der Waals surface area contributed by atoms with Gasteiger partial charge in [-0.2, -0.15) is 0 Å². The van der Waals surface area contributed by atoms with Crippen molar-refractivity contribution in [2.45, 2.75) is 6.92 Å². The summed E-state index contributed by atoms with van der Waals surface area (Å²) >= 11 is 5.52. The maximum Gasteiger partial charge on any atom is 0.119 e. The maximum absolute atomic E-state index is 5.52. The van der Waals surface area contributed by atoms with Crippen LogP contribution in [0.1, 0.15) is 5.56 Å². The van der Waals surface area contributed by atoms with E-state index in [0.717, 1.165) is 18.0 Å². The molecule has 0 heterocycles. The Balaban J connectivity index is 2.58. The first kappa shape index (κ1) is 11.9. The van der Waals surface area contributed by atoms with Crippen molar-refractivity contribution in [2.24, 2.45) is 0 Å². The van der Waals surface area contributed by atoms with E-state index in [2.05, 4.69) is 12.2 Å². The number of aryl methyl sites for hydroxylation is 1. The van der Waals surface area contributed by atoms with E-state index in [1.165, 1.54) is 5.56 Å². The van der Waals surface area contributed by atoms with Crippen molar-refractivity contribution in [3.05, 3.63) is 35.9 Å². The van der Waals surface area contributed by atoms with Crippen molar-refractivity contribution in [3.8, 4) is 5.75 Å². The fourth-order valence-corrected chi connectivity index (χ4v) is 1.40. The molecule has 0 bridgehead atoms. The molecule has 0 amide bonds. The molecule has 0 atom stereocenters. The molecular formula is C12H16ClNO. The first-order chi connectivity index (χ1) is 7.27. The van der Waals surface area contributed by atoms with Gasteiger partial charge in [0.05, 0.1) is 7.11 Å². The normalized spacial score (nSPS) is 10.6. The van der Waals surface area contributed by atoms with Gasteiger partial charge in [0.1, 0.15) is 5.75 Å². The number of alkyl halides is 1. The summed E-state index contributed by atoms with van der Waals surface area (Å²) in [6.07, 6.45) is 3.93. The summed E-state index contributed by atoms with van der Waals surface area (Å²) in [5.74, 6) is 1.44. The van der Waals surface area contributed by atoms with Crippen LogP contribution >= 0.6 is 11.6 Å². The molecule has 0 aliphatic heterocycles. The van der Waals surface area contributed by atoms with Gasteiger partial charge >= 0.3 is 0 Å². The first-order valence-corrected chi connectivity index (χ1v) is 5.41. The fourth-order valence-electron chi connectivity index (χ4n) is 1.28. The Morgan fingerprint density at radius 1 is 1.40 bits per heavy atom. The number of hydrogen-bond acceptors (Lipinski definition) is 2. The average molecular weight is 226 g/mol. The lowest BCUT2D eigenvalue weighted by Gasteiger charge is -2.08. The third-order valence-electron chi connectivity index (χ3n) is 2.10. The lowest BCUT2D eigenvalue weighted by Crippen LogP contribution is -2.00. The molecule has 2 nitrogen and oxygen atoms in total. The number of rotatable bonds is 5. The predicted octanol–water partition coefficient (Wildman–Crippen LogP) is 3.21. The Morgan fingerprint density at radius 2 is 2.20 bits per heavy atom. The molecule has 0 aliphatic rings. The van der Waals surface area contributed by atoms with Gasteiger partial charge in [-0.25, -0.2) is 0 Å². The van der Waals surface area contributed by atoms with Crippen molar-refractivity contribution < 1.29 is 4.74 Å². The van der Waals surface area contributed by atoms with Gasteiger partial charge < -0.3 is 10.1 Å². The number of ether oxygens (including phenoxy) is 1. The second-order valence-electron chi connectivity index (χ2n) is 3.19. The molecule has 3 heteroatoms. The predicted molar refractivity (Wildman–Crippen MR) is 66.1 cm³/mol. The van der Waals surface area contributed by atoms with Crippen molar-refractivity contribution in [1.29, 1.82) is 0 Å². The van der Waals surface area contributed by atoms with Gasteiger partial charge in [0.25, 0.3) is 0 Å². The van der Waals surface area contributed by atoms with Crippen molar-refractivity contribution in [2.75, 3.05) is 24.9 Å². The van der Waals surface area contributed by atoms with Crippen molar-refractivity contribution >= 4 is 17.3 Å². The summed E-state index contributed by atoms with van der Waals surface area (Å²) < 4.78 is 5.13. The zero-order valence-electron chi connectivity index (χ0n) is 9.09. The van der Waals surface area contributed by atoms with Gasteiger partial charge in [-0.1, -0.05) is 12.2 Å². The Hall–Kier alpha value is -1.15. The van der Waals surface area contributed by atoms with Crippen LogP contribution in [0.25, 0.3) is 0 Å². The number of methoxy groups -OCH3 is 1. The molecule has 1 aromatic rings. The minimum atomic E-state index is 0.559. The number of benzene rings is 1. The molecule has 0 aliphatic carbocycles. The minimum Gasteiger partial charge on any atom is -0.497 e. The molecule has 1 N–H and O–H groups in total. The van der Waals surface area contributed by atoms with E-state index in [1.54, 1.807) is 7.11 Å². The second-order valence-corrected chi connectivity index (χ2v) is 3.50. The summed E-state index contributed by atoms with van der Waals surface area (Å²) in [5.41, 5.74) is 2.30. The third kappa shape index (κ3) is 3.84. The largest absolute Gasteiger partial charge is 0.497 e. The summed E-state index contributed by atoms with van der Waals surface area (Å²) in [5, 5.41) is 3.30. The molecule has 0 saturated heterocycles. The number of hydrogen-bond donors (Lipinski definition) is 1. The van der Waals surface area contributed by atoms with Crippen LogP contribution in [0.15, 0.2) is 30.4 Å². The van der Waals surface area contributed by atoms with E-state index in [1.807, 2.05) is 30.4 Å². The zero-order chi connectivity index (χ0) is 11.1. The van der Waals surface area contributed by atoms with E-state index < -0.39 is 0 Å². The molecule has 0 saturated carbocycles. The highest BCUT2D eigenvalue weighted by Gasteiger charge is 1.98. The monoisotopic (exact) mass is 225 g/mol. The van der Waals surface area contributed by atoms with Crippen LogP contribution in [0, 0.1) is 6.92 Å². The Morgan fingerprint density at radius 3 is 2.80 bits per heavy atom. The van der Waals surface area contributed by atoms with Crippen LogP contribution in [-0.4, -0.2) is 19.5 Å². The molecule has 1 rings (SSSR count). The van der Waals surface area contributed by atoms with Gasteiger partial charge in [-0.05, 0) is 30.7 Å². The van der Waals surface area contributed by atoms with Crippen LogP contribution < -0.4 is 10.1 Å². The summed E-state index contributed by atoms with van der Waals surface area (Å²) in [7, 11) is 1.67. The van der Waals surface area contributed by atoms with E-state index in [9.17, 15) is 0 Å². The standard InChI is InChI=1S/C12H16ClNO/c1-10-9-11(15-2)5-6-12(10)14-8-4-3-7-13/h3-6,9,14H,7-8H2,1-2H3/b4-3+. The number of allylic oxidation sites excluding steroid dienone is 1. The molecular weight excluding hydrogens is 210 g/mol. The Bertz CT molecular complexity index is 336. The highest BCUT2D eigenvalue weighted by Crippen LogP contribution is 2.20. The average Bonchev–Trinajstić information content (AvgIpc) is 2.26. The van der Waals surface area contributed by atoms with Gasteiger partial charge in [-0.3, -0.25) is 0 Å². The van der Waals surface area contributed by atoms with Crippen molar-refractivity contribution in [3.63, 3.8) is 0 Å². The second kappa shape index (κ2) is 6.36. The molecule has 0 fully saturated rings. The summed E-state index contributed by atoms with van der Waals surface area (Å²) in [6, 6.07) is 5.97. The van der Waals surface area contributed by atoms with Gasteiger partial charge in [0.2, 0.25) is 0 Å². The van der Waals surface area contributed by atoms with Gasteiger partial charge in [-0.15, -0.1) is 11.6 Å². The maximum atomic E-state index is 5.52. The molecule has 1 aromatic carbocycles. The fraction of sp³-hybridized carbons (Fsp3) is 0.333. The molecule has 0 unspecified atom stereocenters. The summed E-state index contributed by atoms with van der Waals surface area (Å²) in [6.45, 7) is 2.84. The van der Waals surface area contributed by atoms with Crippen LogP contribution in [0.2, 0.25) is 0 Å². The number of nitrogens with one attached hydrogen (secondary N) is 1. The van der Waals surface area contributed by atoms with E-state index >= 15 is 0 Å². The van der Waals surface area contributed by atoms with E-state index in [4.69, 9.17) is 16.3 Å². The topological polar surface area (TPSA) is 21.3 Å². The van der Waals surface area contributed by atoms with Crippen LogP contribution in [0.3, 0.4) is 0 Å².